The monoisotopic (exact) mass is 627 g/mol. The Hall–Kier alpha value is -4.62. The summed E-state index contributed by atoms with van der Waals surface area (Å²) < 4.78 is 23.8. The lowest BCUT2D eigenvalue weighted by Crippen LogP contribution is -2.56. The van der Waals surface area contributed by atoms with E-state index >= 15 is 0 Å². The summed E-state index contributed by atoms with van der Waals surface area (Å²) in [7, 11) is 0. The molecule has 7 rings (SSSR count). The number of fused-ring (bicyclic) bond motifs is 2. The van der Waals surface area contributed by atoms with E-state index < -0.39 is 0 Å². The summed E-state index contributed by atoms with van der Waals surface area (Å²) >= 11 is 0. The molecule has 0 amide bonds. The van der Waals surface area contributed by atoms with Gasteiger partial charge in [0.05, 0.1) is 19.3 Å². The quantitative estimate of drug-likeness (QED) is 0.124. The SMILES string of the molecule is CCOc1cc(CN2CCC(C3CC(N(N)c4nc5cccnc5o4)CCN3c3nc4cccnc4o3)CC2)cc(OCC)c1N. The van der Waals surface area contributed by atoms with Gasteiger partial charge in [0.1, 0.15) is 28.2 Å². The van der Waals surface area contributed by atoms with Crippen LogP contribution in [-0.2, 0) is 6.54 Å². The first-order chi connectivity index (χ1) is 22.5. The molecule has 13 nitrogen and oxygen atoms in total. The van der Waals surface area contributed by atoms with Crippen LogP contribution < -0.4 is 31.0 Å². The Kier molecular flexibility index (Phi) is 8.50. The first kappa shape index (κ1) is 30.1. The van der Waals surface area contributed by atoms with Crippen LogP contribution in [0.4, 0.5) is 17.7 Å². The van der Waals surface area contributed by atoms with Gasteiger partial charge < -0.3 is 28.9 Å². The number of piperidine rings is 2. The van der Waals surface area contributed by atoms with Crippen LogP contribution in [0.5, 0.6) is 11.5 Å². The lowest BCUT2D eigenvalue weighted by molar-refractivity contribution is 0.146. The molecule has 13 heteroatoms. The number of nitrogen functional groups attached to an aromatic ring is 1. The molecule has 2 aliphatic rings. The van der Waals surface area contributed by atoms with E-state index in [2.05, 4.69) is 24.8 Å². The molecule has 5 aromatic rings. The van der Waals surface area contributed by atoms with Gasteiger partial charge in [-0.3, -0.25) is 9.91 Å². The maximum atomic E-state index is 6.70. The minimum absolute atomic E-state index is 0.0265. The van der Waals surface area contributed by atoms with Gasteiger partial charge in [0.25, 0.3) is 6.01 Å². The summed E-state index contributed by atoms with van der Waals surface area (Å²) in [6.07, 6.45) is 7.08. The minimum Gasteiger partial charge on any atom is -0.492 e. The molecular formula is C33H41N9O4. The van der Waals surface area contributed by atoms with Crippen LogP contribution in [0.15, 0.2) is 57.6 Å². The Morgan fingerprint density at radius 3 is 2.17 bits per heavy atom. The zero-order valence-corrected chi connectivity index (χ0v) is 26.3. The van der Waals surface area contributed by atoms with Gasteiger partial charge in [0.2, 0.25) is 11.4 Å². The summed E-state index contributed by atoms with van der Waals surface area (Å²) in [5.41, 5.74) is 10.5. The Morgan fingerprint density at radius 1 is 0.891 bits per heavy atom. The summed E-state index contributed by atoms with van der Waals surface area (Å²) in [5.74, 6) is 8.46. The van der Waals surface area contributed by atoms with Crippen LogP contribution in [0.3, 0.4) is 0 Å². The molecule has 2 atom stereocenters. The van der Waals surface area contributed by atoms with E-state index in [0.29, 0.717) is 65.3 Å². The number of benzene rings is 1. The molecule has 46 heavy (non-hydrogen) atoms. The van der Waals surface area contributed by atoms with Gasteiger partial charge in [-0.1, -0.05) is 0 Å². The van der Waals surface area contributed by atoms with E-state index in [1.165, 1.54) is 0 Å². The van der Waals surface area contributed by atoms with Gasteiger partial charge >= 0.3 is 6.01 Å². The number of aromatic nitrogens is 4. The highest BCUT2D eigenvalue weighted by atomic mass is 16.5. The molecule has 1 aromatic carbocycles. The summed E-state index contributed by atoms with van der Waals surface area (Å²) in [5, 5.41) is 1.68. The topological polar surface area (TPSA) is 158 Å². The Balaban J connectivity index is 1.09. The normalized spacial score (nSPS) is 19.6. The molecule has 4 N–H and O–H groups in total. The zero-order valence-electron chi connectivity index (χ0n) is 26.3. The maximum Gasteiger partial charge on any atom is 0.314 e. The van der Waals surface area contributed by atoms with Crippen molar-refractivity contribution in [1.29, 1.82) is 0 Å². The van der Waals surface area contributed by atoms with Crippen LogP contribution >= 0.6 is 0 Å². The number of anilines is 3. The van der Waals surface area contributed by atoms with Crippen molar-refractivity contribution in [2.24, 2.45) is 11.8 Å². The van der Waals surface area contributed by atoms with Crippen LogP contribution in [0.2, 0.25) is 0 Å². The highest BCUT2D eigenvalue weighted by Crippen LogP contribution is 2.38. The number of hydrazine groups is 1. The number of hydrogen-bond acceptors (Lipinski definition) is 13. The molecule has 2 fully saturated rings. The molecule has 0 bridgehead atoms. The van der Waals surface area contributed by atoms with Gasteiger partial charge in [-0.05, 0) is 100 Å². The molecule has 0 aliphatic carbocycles. The number of hydrogen-bond donors (Lipinski definition) is 2. The highest BCUT2D eigenvalue weighted by molar-refractivity contribution is 5.71. The molecule has 2 unspecified atom stereocenters. The van der Waals surface area contributed by atoms with Crippen molar-refractivity contribution in [2.75, 3.05) is 48.5 Å². The number of ether oxygens (including phenoxy) is 2. The van der Waals surface area contributed by atoms with E-state index in [1.807, 2.05) is 50.2 Å². The minimum atomic E-state index is 0.0265. The molecule has 0 radical (unpaired) electrons. The standard InChI is InChI=1S/C33H41N9O4/c1-3-43-27-17-21(18-28(29(27)34)44-4-2)20-40-14-9-22(10-15-40)26-19-23(42(35)33-39-25-8-6-13-37-31(25)46-33)11-16-41(26)32-38-24-7-5-12-36-30(24)45-32/h5-8,12-13,17-18,22-23,26H,3-4,9-11,14-16,19-20,34-35H2,1-2H3. The number of oxazole rings is 2. The molecule has 0 spiro atoms. The van der Waals surface area contributed by atoms with Crippen molar-refractivity contribution in [3.63, 3.8) is 0 Å². The third kappa shape index (κ3) is 5.99. The van der Waals surface area contributed by atoms with Crippen molar-refractivity contribution < 1.29 is 18.3 Å². The second-order valence-electron chi connectivity index (χ2n) is 12.0. The maximum absolute atomic E-state index is 6.70. The third-order valence-corrected chi connectivity index (χ3v) is 9.13. The van der Waals surface area contributed by atoms with Crippen molar-refractivity contribution in [3.05, 3.63) is 54.4 Å². The molecule has 6 heterocycles. The fourth-order valence-corrected chi connectivity index (χ4v) is 6.87. The number of likely N-dealkylation sites (tertiary alicyclic amines) is 1. The van der Waals surface area contributed by atoms with Crippen LogP contribution in [-0.4, -0.2) is 69.8 Å². The van der Waals surface area contributed by atoms with E-state index in [0.717, 1.165) is 62.9 Å². The fourth-order valence-electron chi connectivity index (χ4n) is 6.87. The zero-order chi connectivity index (χ0) is 31.6. The predicted molar refractivity (Wildman–Crippen MR) is 176 cm³/mol. The van der Waals surface area contributed by atoms with Crippen molar-refractivity contribution in [3.8, 4) is 11.5 Å². The van der Waals surface area contributed by atoms with Crippen molar-refractivity contribution in [2.45, 2.75) is 58.2 Å². The average molecular weight is 628 g/mol. The van der Waals surface area contributed by atoms with Gasteiger partial charge in [-0.15, -0.1) is 0 Å². The first-order valence-electron chi connectivity index (χ1n) is 16.1. The first-order valence-corrected chi connectivity index (χ1v) is 16.1. The predicted octanol–water partition coefficient (Wildman–Crippen LogP) is 4.77. The Bertz CT molecular complexity index is 1690. The smallest absolute Gasteiger partial charge is 0.314 e. The summed E-state index contributed by atoms with van der Waals surface area (Å²) in [6.45, 7) is 8.45. The molecule has 0 saturated carbocycles. The van der Waals surface area contributed by atoms with Gasteiger partial charge in [0.15, 0.2) is 0 Å². The largest absolute Gasteiger partial charge is 0.492 e. The number of nitrogens with two attached hydrogens (primary N) is 2. The summed E-state index contributed by atoms with van der Waals surface area (Å²) in [4.78, 5) is 22.9. The van der Waals surface area contributed by atoms with Gasteiger partial charge in [-0.2, -0.15) is 9.97 Å². The van der Waals surface area contributed by atoms with Crippen LogP contribution in [0.1, 0.15) is 45.1 Å². The Labute approximate surface area is 267 Å². The molecule has 242 valence electrons. The van der Waals surface area contributed by atoms with Gasteiger partial charge in [0, 0.05) is 31.5 Å². The third-order valence-electron chi connectivity index (χ3n) is 9.13. The van der Waals surface area contributed by atoms with Gasteiger partial charge in [-0.25, -0.2) is 15.8 Å². The molecule has 2 aliphatic heterocycles. The second-order valence-corrected chi connectivity index (χ2v) is 12.0. The second kappa shape index (κ2) is 13.0. The fraction of sp³-hybridized carbons (Fsp3) is 0.455. The number of nitrogens with zero attached hydrogens (tertiary/aromatic N) is 7. The van der Waals surface area contributed by atoms with Crippen LogP contribution in [0.25, 0.3) is 22.5 Å². The lowest BCUT2D eigenvalue weighted by Gasteiger charge is -2.46. The molecule has 2 saturated heterocycles. The van der Waals surface area contributed by atoms with E-state index in [-0.39, 0.29) is 12.1 Å². The lowest BCUT2D eigenvalue weighted by atomic mass is 9.82. The van der Waals surface area contributed by atoms with Crippen molar-refractivity contribution >= 4 is 40.2 Å². The number of pyridine rings is 2. The average Bonchev–Trinajstić information content (AvgIpc) is 3.72. The van der Waals surface area contributed by atoms with Crippen LogP contribution in [0, 0.1) is 5.92 Å². The van der Waals surface area contributed by atoms with Crippen molar-refractivity contribution in [1.82, 2.24) is 24.8 Å². The van der Waals surface area contributed by atoms with E-state index in [4.69, 9.17) is 34.9 Å². The Morgan fingerprint density at radius 2 is 1.54 bits per heavy atom. The highest BCUT2D eigenvalue weighted by Gasteiger charge is 2.40. The van der Waals surface area contributed by atoms with E-state index in [9.17, 15) is 0 Å². The van der Waals surface area contributed by atoms with E-state index in [1.54, 1.807) is 17.4 Å². The number of rotatable bonds is 10. The molecular weight excluding hydrogens is 586 g/mol. The molecule has 4 aromatic heterocycles. The summed E-state index contributed by atoms with van der Waals surface area (Å²) in [6, 6.07) is 12.8.